The van der Waals surface area contributed by atoms with Crippen LogP contribution < -0.4 is 5.32 Å². The van der Waals surface area contributed by atoms with E-state index in [0.29, 0.717) is 24.3 Å². The second-order valence-corrected chi connectivity index (χ2v) is 8.58. The van der Waals surface area contributed by atoms with Crippen molar-refractivity contribution in [3.63, 3.8) is 0 Å². The Balaban J connectivity index is 1.34. The molecular formula is C27H25N7O2. The molecule has 0 radical (unpaired) electrons. The fraction of sp³-hybridized carbons (Fsp3) is 0.148. The van der Waals surface area contributed by atoms with Crippen LogP contribution in [0.3, 0.4) is 0 Å². The van der Waals surface area contributed by atoms with E-state index in [1.165, 1.54) is 12.3 Å². The summed E-state index contributed by atoms with van der Waals surface area (Å²) in [5.74, 6) is -0.155. The molecule has 4 N–H and O–H groups in total. The van der Waals surface area contributed by atoms with Gasteiger partial charge in [-0.15, -0.1) is 0 Å². The molecule has 1 aromatic carbocycles. The van der Waals surface area contributed by atoms with Gasteiger partial charge in [-0.25, -0.2) is 4.98 Å². The molecule has 0 bridgehead atoms. The van der Waals surface area contributed by atoms with Crippen LogP contribution in [-0.4, -0.2) is 56.2 Å². The highest BCUT2D eigenvalue weighted by atomic mass is 16.2. The Morgan fingerprint density at radius 1 is 1.19 bits per heavy atom. The molecule has 4 aromatic rings. The van der Waals surface area contributed by atoms with Crippen LogP contribution in [0.15, 0.2) is 67.5 Å². The van der Waals surface area contributed by atoms with E-state index in [0.717, 1.165) is 40.0 Å². The van der Waals surface area contributed by atoms with E-state index >= 15 is 0 Å². The monoisotopic (exact) mass is 479 g/mol. The number of carbonyl (C=O) groups is 2. The number of amides is 2. The number of nitrogens with one attached hydrogen (secondary N) is 4. The number of aromatic amines is 2. The van der Waals surface area contributed by atoms with Crippen LogP contribution >= 0.6 is 0 Å². The summed E-state index contributed by atoms with van der Waals surface area (Å²) in [6.45, 7) is 4.71. The molecule has 1 aliphatic heterocycles. The van der Waals surface area contributed by atoms with Gasteiger partial charge in [0.15, 0.2) is 0 Å². The van der Waals surface area contributed by atoms with E-state index in [4.69, 9.17) is 5.41 Å². The zero-order chi connectivity index (χ0) is 25.1. The van der Waals surface area contributed by atoms with Crippen molar-refractivity contribution in [2.75, 3.05) is 18.4 Å². The van der Waals surface area contributed by atoms with Crippen molar-refractivity contribution in [2.24, 2.45) is 0 Å². The van der Waals surface area contributed by atoms with Gasteiger partial charge in [0.2, 0.25) is 5.91 Å². The molecule has 3 aromatic heterocycles. The molecule has 9 nitrogen and oxygen atoms in total. The largest absolute Gasteiger partial charge is 0.343 e. The number of nitrogens with zero attached hydrogens (tertiary/aromatic N) is 3. The fourth-order valence-electron chi connectivity index (χ4n) is 4.55. The summed E-state index contributed by atoms with van der Waals surface area (Å²) in [5, 5.41) is 18.1. The minimum absolute atomic E-state index is 0.0324. The van der Waals surface area contributed by atoms with Crippen molar-refractivity contribution < 1.29 is 9.59 Å². The first-order valence-corrected chi connectivity index (χ1v) is 11.6. The Labute approximate surface area is 207 Å². The average molecular weight is 480 g/mol. The van der Waals surface area contributed by atoms with Crippen molar-refractivity contribution in [1.29, 1.82) is 5.41 Å². The minimum atomic E-state index is -0.292. The van der Waals surface area contributed by atoms with Gasteiger partial charge in [-0.05, 0) is 66.6 Å². The molecule has 5 rings (SSSR count). The minimum Gasteiger partial charge on any atom is -0.343 e. The number of pyridine rings is 1. The molecule has 1 saturated heterocycles. The number of carbonyl (C=O) groups excluding carboxylic acids is 2. The lowest BCUT2D eigenvalue weighted by molar-refractivity contribution is -0.111. The van der Waals surface area contributed by atoms with E-state index in [1.54, 1.807) is 42.7 Å². The predicted octanol–water partition coefficient (Wildman–Crippen LogP) is 4.37. The molecule has 1 atom stereocenters. The number of benzene rings is 1. The zero-order valence-electron chi connectivity index (χ0n) is 19.5. The number of rotatable bonds is 7. The normalized spacial score (nSPS) is 15.4. The third-order valence-electron chi connectivity index (χ3n) is 6.37. The van der Waals surface area contributed by atoms with Crippen LogP contribution in [0, 0.1) is 5.41 Å². The molecule has 0 aliphatic carbocycles. The number of allylic oxidation sites excluding steroid dienone is 1. The van der Waals surface area contributed by atoms with Gasteiger partial charge < -0.3 is 20.6 Å². The SMILES string of the molecule is C=CC(=O)Nc1ccc(C(=O)N2CCC(c3cc4c(-c5cn[nH]c5/C=C\C=N)ccnc4[nH]3)C2)cc1. The Hall–Kier alpha value is -4.79. The van der Waals surface area contributed by atoms with Crippen molar-refractivity contribution in [3.05, 3.63) is 84.5 Å². The highest BCUT2D eigenvalue weighted by Gasteiger charge is 2.29. The van der Waals surface area contributed by atoms with Crippen LogP contribution in [0.4, 0.5) is 5.69 Å². The maximum Gasteiger partial charge on any atom is 0.253 e. The lowest BCUT2D eigenvalue weighted by Gasteiger charge is -2.16. The predicted molar refractivity (Wildman–Crippen MR) is 140 cm³/mol. The molecule has 9 heteroatoms. The fourth-order valence-corrected chi connectivity index (χ4v) is 4.55. The smallest absolute Gasteiger partial charge is 0.253 e. The first-order valence-electron chi connectivity index (χ1n) is 11.6. The lowest BCUT2D eigenvalue weighted by atomic mass is 10.0. The highest BCUT2D eigenvalue weighted by molar-refractivity contribution is 6.00. The number of hydrogen-bond donors (Lipinski definition) is 4. The molecule has 2 amide bonds. The molecule has 4 heterocycles. The molecule has 0 saturated carbocycles. The Morgan fingerprint density at radius 2 is 2.03 bits per heavy atom. The van der Waals surface area contributed by atoms with E-state index in [1.807, 2.05) is 17.0 Å². The van der Waals surface area contributed by atoms with Gasteiger partial charge in [-0.1, -0.05) is 6.58 Å². The molecule has 1 aliphatic rings. The summed E-state index contributed by atoms with van der Waals surface area (Å²) in [5.41, 5.74) is 5.78. The van der Waals surface area contributed by atoms with E-state index in [-0.39, 0.29) is 17.7 Å². The van der Waals surface area contributed by atoms with Crippen molar-refractivity contribution >= 4 is 40.8 Å². The van der Waals surface area contributed by atoms with Crippen molar-refractivity contribution in [2.45, 2.75) is 12.3 Å². The van der Waals surface area contributed by atoms with Crippen molar-refractivity contribution in [1.82, 2.24) is 25.1 Å². The molecule has 1 unspecified atom stereocenters. The van der Waals surface area contributed by atoms with Gasteiger partial charge in [0.05, 0.1) is 11.9 Å². The van der Waals surface area contributed by atoms with Gasteiger partial charge in [0.25, 0.3) is 5.91 Å². The van der Waals surface area contributed by atoms with Crippen LogP contribution in [0.25, 0.3) is 28.2 Å². The summed E-state index contributed by atoms with van der Waals surface area (Å²) < 4.78 is 0. The van der Waals surface area contributed by atoms with Gasteiger partial charge >= 0.3 is 0 Å². The number of H-pyrrole nitrogens is 2. The Kier molecular flexibility index (Phi) is 6.27. The molecule has 36 heavy (non-hydrogen) atoms. The van der Waals surface area contributed by atoms with Crippen LogP contribution in [0.1, 0.15) is 34.1 Å². The second kappa shape index (κ2) is 9.83. The zero-order valence-corrected chi connectivity index (χ0v) is 19.5. The molecule has 180 valence electrons. The van der Waals surface area contributed by atoms with Gasteiger partial charge in [0.1, 0.15) is 5.65 Å². The quantitative estimate of drug-likeness (QED) is 0.232. The number of anilines is 1. The summed E-state index contributed by atoms with van der Waals surface area (Å²) in [6.07, 6.45) is 10.3. The first kappa shape index (κ1) is 23.0. The lowest BCUT2D eigenvalue weighted by Crippen LogP contribution is -2.28. The second-order valence-electron chi connectivity index (χ2n) is 8.58. The van der Waals surface area contributed by atoms with Crippen LogP contribution in [0.5, 0.6) is 0 Å². The van der Waals surface area contributed by atoms with Gasteiger partial charge in [-0.2, -0.15) is 5.10 Å². The molecule has 1 fully saturated rings. The average Bonchev–Trinajstić information content (AvgIpc) is 3.66. The first-order chi connectivity index (χ1) is 17.6. The number of likely N-dealkylation sites (tertiary alicyclic amines) is 1. The maximum absolute atomic E-state index is 13.1. The molecular weight excluding hydrogens is 454 g/mol. The third kappa shape index (κ3) is 4.46. The summed E-state index contributed by atoms with van der Waals surface area (Å²) >= 11 is 0. The number of hydrogen-bond acceptors (Lipinski definition) is 5. The van der Waals surface area contributed by atoms with Gasteiger partial charge in [-0.3, -0.25) is 14.7 Å². The van der Waals surface area contributed by atoms with Crippen molar-refractivity contribution in [3.8, 4) is 11.1 Å². The number of fused-ring (bicyclic) bond motifs is 1. The number of aromatic nitrogens is 4. The van der Waals surface area contributed by atoms with E-state index in [2.05, 4.69) is 38.1 Å². The summed E-state index contributed by atoms with van der Waals surface area (Å²) in [6, 6.07) is 11.0. The Bertz CT molecular complexity index is 1480. The topological polar surface area (TPSA) is 131 Å². The van der Waals surface area contributed by atoms with Crippen LogP contribution in [-0.2, 0) is 4.79 Å². The summed E-state index contributed by atoms with van der Waals surface area (Å²) in [4.78, 5) is 34.4. The Morgan fingerprint density at radius 3 is 2.81 bits per heavy atom. The van der Waals surface area contributed by atoms with Crippen LogP contribution in [0.2, 0.25) is 0 Å². The standard InChI is InChI=1S/C27H25N7O2/c1-2-25(35)31-19-7-5-17(6-8-19)27(36)34-13-10-18(16-34)24-14-21-20(9-12-29-26(21)32-24)22-15-30-33-23(22)4-3-11-28/h2-9,11-12,14-15,18,28H,1,10,13,16H2,(H,29,32)(H,30,33)(H,31,35)/b4-3-,28-11?. The van der Waals surface area contributed by atoms with Gasteiger partial charge in [0, 0.05) is 59.3 Å². The van der Waals surface area contributed by atoms with E-state index < -0.39 is 0 Å². The van der Waals surface area contributed by atoms with E-state index in [9.17, 15) is 9.59 Å². The highest BCUT2D eigenvalue weighted by Crippen LogP contribution is 2.34. The summed E-state index contributed by atoms with van der Waals surface area (Å²) in [7, 11) is 0. The molecule has 0 spiro atoms. The third-order valence-corrected chi connectivity index (χ3v) is 6.37. The maximum atomic E-state index is 13.1.